The van der Waals surface area contributed by atoms with Crippen molar-refractivity contribution >= 4 is 46.0 Å². The Morgan fingerprint density at radius 1 is 1.08 bits per heavy atom. The fourth-order valence-corrected chi connectivity index (χ4v) is 5.34. The molecule has 38 heavy (non-hydrogen) atoms. The van der Waals surface area contributed by atoms with E-state index in [1.165, 1.54) is 12.3 Å². The van der Waals surface area contributed by atoms with Crippen molar-refractivity contribution in [1.82, 2.24) is 15.1 Å². The number of halogens is 1. The second-order valence-corrected chi connectivity index (χ2v) is 9.84. The van der Waals surface area contributed by atoms with Crippen molar-refractivity contribution in [3.63, 3.8) is 0 Å². The van der Waals surface area contributed by atoms with Crippen LogP contribution in [0.3, 0.4) is 0 Å². The van der Waals surface area contributed by atoms with Gasteiger partial charge in [-0.25, -0.2) is 0 Å². The van der Waals surface area contributed by atoms with Crippen molar-refractivity contribution in [2.45, 2.75) is 13.3 Å². The van der Waals surface area contributed by atoms with Gasteiger partial charge in [0.1, 0.15) is 0 Å². The van der Waals surface area contributed by atoms with Crippen LogP contribution in [0.2, 0.25) is 5.02 Å². The third-order valence-corrected chi connectivity index (χ3v) is 7.42. The molecule has 0 radical (unpaired) electrons. The van der Waals surface area contributed by atoms with Crippen molar-refractivity contribution in [2.24, 2.45) is 0 Å². The van der Waals surface area contributed by atoms with Gasteiger partial charge in [-0.05, 0) is 47.9 Å². The van der Waals surface area contributed by atoms with Crippen LogP contribution in [0, 0.1) is 12.3 Å². The molecule has 4 aromatic rings. The molecule has 192 valence electrons. The monoisotopic (exact) mass is 524 g/mol. The Balaban J connectivity index is 1.67. The van der Waals surface area contributed by atoms with Gasteiger partial charge in [-0.3, -0.25) is 4.79 Å². The highest BCUT2D eigenvalue weighted by Crippen LogP contribution is 2.40. The summed E-state index contributed by atoms with van der Waals surface area (Å²) in [6.45, 7) is 8.00. The lowest BCUT2D eigenvalue weighted by Crippen LogP contribution is -2.48. The predicted molar refractivity (Wildman–Crippen MR) is 155 cm³/mol. The van der Waals surface area contributed by atoms with E-state index < -0.39 is 0 Å². The number of nitrogen functional groups attached to an aromatic ring is 1. The lowest BCUT2D eigenvalue weighted by molar-refractivity contribution is -0.126. The van der Waals surface area contributed by atoms with Crippen molar-refractivity contribution < 1.29 is 4.79 Å². The van der Waals surface area contributed by atoms with Crippen LogP contribution in [-0.2, 0) is 11.2 Å². The zero-order chi connectivity index (χ0) is 26.8. The van der Waals surface area contributed by atoms with E-state index in [9.17, 15) is 4.79 Å². The molecular weight excluding hydrogens is 496 g/mol. The first-order chi connectivity index (χ1) is 18.4. The molecule has 0 spiro atoms. The average molecular weight is 525 g/mol. The van der Waals surface area contributed by atoms with E-state index in [1.807, 2.05) is 49.4 Å². The number of hydrogen-bond acceptors (Lipinski definition) is 6. The van der Waals surface area contributed by atoms with E-state index in [-0.39, 0.29) is 5.91 Å². The van der Waals surface area contributed by atoms with Gasteiger partial charge in [0.05, 0.1) is 5.69 Å². The number of hydrogen-bond donors (Lipinski definition) is 2. The molecule has 0 bridgehead atoms. The largest absolute Gasteiger partial charge is 0.398 e. The number of aromatic nitrogens is 2. The number of rotatable bonds is 6. The van der Waals surface area contributed by atoms with Crippen LogP contribution in [0.5, 0.6) is 0 Å². The summed E-state index contributed by atoms with van der Waals surface area (Å²) in [4.78, 5) is 16.1. The van der Waals surface area contributed by atoms with Crippen LogP contribution < -0.4 is 10.6 Å². The van der Waals surface area contributed by atoms with Gasteiger partial charge < -0.3 is 20.9 Å². The van der Waals surface area contributed by atoms with Crippen LogP contribution in [-0.4, -0.2) is 53.4 Å². The van der Waals surface area contributed by atoms with E-state index in [1.54, 1.807) is 4.90 Å². The molecule has 5 rings (SSSR count). The third kappa shape index (κ3) is 4.73. The Morgan fingerprint density at radius 3 is 2.50 bits per heavy atom. The molecular formula is C30H29ClN6O. The van der Waals surface area contributed by atoms with Crippen LogP contribution in [0.25, 0.3) is 21.9 Å². The quantitative estimate of drug-likeness (QED) is 0.203. The molecule has 1 aromatic heterocycles. The summed E-state index contributed by atoms with van der Waals surface area (Å²) in [5.74, 6) is 0.683. The average Bonchev–Trinajstić information content (AvgIpc) is 2.94. The topological polar surface area (TPSA) is 99.2 Å². The van der Waals surface area contributed by atoms with Gasteiger partial charge in [0.15, 0.2) is 5.82 Å². The molecule has 3 aromatic carbocycles. The molecule has 0 atom stereocenters. The molecule has 3 N–H and O–H groups in total. The van der Waals surface area contributed by atoms with Gasteiger partial charge in [0, 0.05) is 71.4 Å². The number of piperazine rings is 1. The standard InChI is InChI=1S/C30H29ClN6O/c1-3-28(38)36-11-13-37(14-12-36)30-22-16-23(29-19(2)9-10-26(33)24(29)18-32)25(31)17-21(22)27(34-35-30)15-20-7-5-4-6-8-20/h3-10,16-18,32H,1,11-15,33H2,2H3. The molecule has 1 fully saturated rings. The van der Waals surface area contributed by atoms with Crippen LogP contribution in [0.1, 0.15) is 22.4 Å². The molecule has 1 aliphatic heterocycles. The molecule has 0 aliphatic carbocycles. The Kier molecular flexibility index (Phi) is 7.11. The number of anilines is 2. The summed E-state index contributed by atoms with van der Waals surface area (Å²) in [6, 6.07) is 17.9. The van der Waals surface area contributed by atoms with Gasteiger partial charge in [0.2, 0.25) is 5.91 Å². The van der Waals surface area contributed by atoms with Gasteiger partial charge >= 0.3 is 0 Å². The van der Waals surface area contributed by atoms with Crippen molar-refractivity contribution in [3.05, 3.63) is 94.7 Å². The summed E-state index contributed by atoms with van der Waals surface area (Å²) >= 11 is 6.94. The van der Waals surface area contributed by atoms with Crippen LogP contribution in [0.15, 0.2) is 67.3 Å². The van der Waals surface area contributed by atoms with Crippen LogP contribution >= 0.6 is 11.6 Å². The number of fused-ring (bicyclic) bond motifs is 1. The third-order valence-electron chi connectivity index (χ3n) is 7.11. The SMILES string of the molecule is C=CC(=O)N1CCN(c2nnc(Cc3ccccc3)c3cc(Cl)c(-c4c(C)ccc(N)c4C=N)cc23)CC1. The van der Waals surface area contributed by atoms with Crippen molar-refractivity contribution in [3.8, 4) is 11.1 Å². The van der Waals surface area contributed by atoms with E-state index >= 15 is 0 Å². The molecule has 7 nitrogen and oxygen atoms in total. The molecule has 8 heteroatoms. The summed E-state index contributed by atoms with van der Waals surface area (Å²) in [6.07, 6.45) is 3.25. The van der Waals surface area contributed by atoms with E-state index in [0.29, 0.717) is 48.9 Å². The van der Waals surface area contributed by atoms with Crippen molar-refractivity contribution in [2.75, 3.05) is 36.8 Å². The van der Waals surface area contributed by atoms with Gasteiger partial charge in [-0.15, -0.1) is 5.10 Å². The maximum atomic E-state index is 12.1. The van der Waals surface area contributed by atoms with Crippen LogP contribution in [0.4, 0.5) is 11.5 Å². The second-order valence-electron chi connectivity index (χ2n) is 9.43. The minimum absolute atomic E-state index is 0.0656. The minimum atomic E-state index is -0.0656. The molecule has 0 saturated carbocycles. The summed E-state index contributed by atoms with van der Waals surface area (Å²) < 4.78 is 0. The van der Waals surface area contributed by atoms with Gasteiger partial charge in [0.25, 0.3) is 0 Å². The Morgan fingerprint density at radius 2 is 1.82 bits per heavy atom. The summed E-state index contributed by atoms with van der Waals surface area (Å²) in [5.41, 5.74) is 12.0. The number of amides is 1. The highest BCUT2D eigenvalue weighted by Gasteiger charge is 2.24. The highest BCUT2D eigenvalue weighted by atomic mass is 35.5. The molecule has 2 heterocycles. The number of nitrogens with zero attached hydrogens (tertiary/aromatic N) is 4. The lowest BCUT2D eigenvalue weighted by atomic mass is 9.92. The number of carbonyl (C=O) groups excluding carboxylic acids is 1. The van der Waals surface area contributed by atoms with Gasteiger partial charge in [-0.2, -0.15) is 5.10 Å². The zero-order valence-electron chi connectivity index (χ0n) is 21.2. The summed E-state index contributed by atoms with van der Waals surface area (Å²) in [5, 5.41) is 19.8. The predicted octanol–water partition coefficient (Wildman–Crippen LogP) is 5.26. The van der Waals surface area contributed by atoms with Gasteiger partial charge in [-0.1, -0.05) is 54.6 Å². The minimum Gasteiger partial charge on any atom is -0.398 e. The Bertz CT molecular complexity index is 1540. The highest BCUT2D eigenvalue weighted by molar-refractivity contribution is 6.34. The fourth-order valence-electron chi connectivity index (χ4n) is 5.08. The normalized spacial score (nSPS) is 13.5. The zero-order valence-corrected chi connectivity index (χ0v) is 22.0. The molecule has 1 saturated heterocycles. The second kappa shape index (κ2) is 10.6. The summed E-state index contributed by atoms with van der Waals surface area (Å²) in [7, 11) is 0. The van der Waals surface area contributed by atoms with E-state index in [0.717, 1.165) is 44.5 Å². The number of aryl methyl sites for hydroxylation is 1. The molecule has 1 aliphatic rings. The fraction of sp³-hybridized carbons (Fsp3) is 0.200. The number of benzene rings is 3. The number of nitrogens with two attached hydrogens (primary N) is 1. The number of nitrogens with one attached hydrogen (secondary N) is 1. The molecule has 1 amide bonds. The first-order valence-electron chi connectivity index (χ1n) is 12.5. The number of carbonyl (C=O) groups is 1. The Labute approximate surface area is 227 Å². The maximum absolute atomic E-state index is 12.1. The first-order valence-corrected chi connectivity index (χ1v) is 12.9. The van der Waals surface area contributed by atoms with E-state index in [4.69, 9.17) is 27.8 Å². The Hall–Kier alpha value is -4.23. The molecule has 0 unspecified atom stereocenters. The van der Waals surface area contributed by atoms with E-state index in [2.05, 4.69) is 28.7 Å². The maximum Gasteiger partial charge on any atom is 0.246 e. The van der Waals surface area contributed by atoms with Crippen molar-refractivity contribution in [1.29, 1.82) is 5.41 Å². The first kappa shape index (κ1) is 25.4. The smallest absolute Gasteiger partial charge is 0.246 e. The lowest BCUT2D eigenvalue weighted by Gasteiger charge is -2.35.